The Labute approximate surface area is 132 Å². The highest BCUT2D eigenvalue weighted by Gasteiger charge is 2.27. The Morgan fingerprint density at radius 1 is 1.64 bits per heavy atom. The molecule has 6 heteroatoms. The maximum absolute atomic E-state index is 12.4. The molecule has 0 aromatic carbocycles. The van der Waals surface area contributed by atoms with Crippen molar-refractivity contribution in [2.45, 2.75) is 57.6 Å². The van der Waals surface area contributed by atoms with Crippen LogP contribution in [0, 0.1) is 0 Å². The summed E-state index contributed by atoms with van der Waals surface area (Å²) in [7, 11) is 1.70. The number of hydrogen-bond acceptors (Lipinski definition) is 3. The minimum Gasteiger partial charge on any atom is -0.379 e. The van der Waals surface area contributed by atoms with Crippen molar-refractivity contribution in [1.29, 1.82) is 0 Å². The summed E-state index contributed by atoms with van der Waals surface area (Å²) in [6, 6.07) is 2.09. The zero-order chi connectivity index (χ0) is 16.2. The second-order valence-electron chi connectivity index (χ2n) is 6.82. The highest BCUT2D eigenvalue weighted by Crippen LogP contribution is 2.25. The van der Waals surface area contributed by atoms with Crippen molar-refractivity contribution in [2.75, 3.05) is 20.2 Å². The number of methoxy groups -OCH3 is 1. The quantitative estimate of drug-likeness (QED) is 0.878. The number of rotatable bonds is 5. The minimum absolute atomic E-state index is 0.0172. The van der Waals surface area contributed by atoms with Crippen LogP contribution in [-0.4, -0.2) is 53.0 Å². The number of aromatic nitrogens is 2. The van der Waals surface area contributed by atoms with Gasteiger partial charge in [-0.3, -0.25) is 5.10 Å². The zero-order valence-electron chi connectivity index (χ0n) is 14.1. The summed E-state index contributed by atoms with van der Waals surface area (Å²) in [6.07, 6.45) is 4.67. The van der Waals surface area contributed by atoms with E-state index in [1.54, 1.807) is 13.3 Å². The number of aromatic amines is 1. The standard InChI is InChI=1S/C16H28N4O2/c1-12(10-16(2,3)22-4)18-15(21)20-9-5-6-13(11-20)14-7-8-17-19-14/h7-8,12-13H,5-6,9-11H2,1-4H3,(H,17,19)(H,18,21)/t12-,13-/m0/s1. The molecule has 0 unspecified atom stereocenters. The van der Waals surface area contributed by atoms with Crippen molar-refractivity contribution in [1.82, 2.24) is 20.4 Å². The Morgan fingerprint density at radius 3 is 3.05 bits per heavy atom. The molecular formula is C16H28N4O2. The monoisotopic (exact) mass is 308 g/mol. The summed E-state index contributed by atoms with van der Waals surface area (Å²) in [5.41, 5.74) is 0.888. The number of H-pyrrole nitrogens is 1. The smallest absolute Gasteiger partial charge is 0.317 e. The molecule has 2 amide bonds. The highest BCUT2D eigenvalue weighted by atomic mass is 16.5. The lowest BCUT2D eigenvalue weighted by atomic mass is 9.95. The van der Waals surface area contributed by atoms with Crippen LogP contribution in [0.5, 0.6) is 0 Å². The lowest BCUT2D eigenvalue weighted by Gasteiger charge is -2.34. The molecule has 0 saturated carbocycles. The predicted octanol–water partition coefficient (Wildman–Crippen LogP) is 2.50. The Kier molecular flexibility index (Phi) is 5.45. The molecule has 0 radical (unpaired) electrons. The van der Waals surface area contributed by atoms with Gasteiger partial charge in [-0.2, -0.15) is 5.10 Å². The second-order valence-corrected chi connectivity index (χ2v) is 6.82. The van der Waals surface area contributed by atoms with Crippen LogP contribution in [0.2, 0.25) is 0 Å². The number of carbonyl (C=O) groups is 1. The average Bonchev–Trinajstić information content (AvgIpc) is 3.01. The zero-order valence-corrected chi connectivity index (χ0v) is 14.1. The molecule has 2 N–H and O–H groups in total. The Morgan fingerprint density at radius 2 is 2.41 bits per heavy atom. The van der Waals surface area contributed by atoms with Gasteiger partial charge in [0.15, 0.2) is 0 Å². The van der Waals surface area contributed by atoms with Crippen LogP contribution in [0.15, 0.2) is 12.3 Å². The van der Waals surface area contributed by atoms with E-state index in [1.807, 2.05) is 31.7 Å². The predicted molar refractivity (Wildman–Crippen MR) is 85.8 cm³/mol. The van der Waals surface area contributed by atoms with E-state index >= 15 is 0 Å². The summed E-state index contributed by atoms with van der Waals surface area (Å²) in [5, 5.41) is 10.1. The highest BCUT2D eigenvalue weighted by molar-refractivity contribution is 5.74. The Bertz CT molecular complexity index is 473. The molecule has 0 spiro atoms. The van der Waals surface area contributed by atoms with E-state index in [1.165, 1.54) is 0 Å². The molecule has 2 heterocycles. The van der Waals surface area contributed by atoms with E-state index < -0.39 is 0 Å². The fourth-order valence-corrected chi connectivity index (χ4v) is 3.08. The first-order valence-corrected chi connectivity index (χ1v) is 8.01. The molecule has 22 heavy (non-hydrogen) atoms. The number of nitrogens with zero attached hydrogens (tertiary/aromatic N) is 2. The van der Waals surface area contributed by atoms with Crippen LogP contribution in [0.4, 0.5) is 4.79 Å². The van der Waals surface area contributed by atoms with E-state index in [9.17, 15) is 4.79 Å². The van der Waals surface area contributed by atoms with Crippen molar-refractivity contribution in [3.63, 3.8) is 0 Å². The fourth-order valence-electron chi connectivity index (χ4n) is 3.08. The Balaban J connectivity index is 1.87. The lowest BCUT2D eigenvalue weighted by Crippen LogP contribution is -2.49. The number of carbonyl (C=O) groups excluding carboxylic acids is 1. The molecule has 0 bridgehead atoms. The van der Waals surface area contributed by atoms with E-state index in [0.29, 0.717) is 5.92 Å². The third-order valence-corrected chi connectivity index (χ3v) is 4.39. The van der Waals surface area contributed by atoms with Gasteiger partial charge in [0.25, 0.3) is 0 Å². The molecule has 1 fully saturated rings. The number of amides is 2. The first-order valence-electron chi connectivity index (χ1n) is 8.01. The van der Waals surface area contributed by atoms with Crippen molar-refractivity contribution in [2.24, 2.45) is 0 Å². The fraction of sp³-hybridized carbons (Fsp3) is 0.750. The van der Waals surface area contributed by atoms with E-state index in [-0.39, 0.29) is 17.7 Å². The van der Waals surface area contributed by atoms with Crippen molar-refractivity contribution < 1.29 is 9.53 Å². The molecule has 6 nitrogen and oxygen atoms in total. The van der Waals surface area contributed by atoms with Gasteiger partial charge in [-0.15, -0.1) is 0 Å². The van der Waals surface area contributed by atoms with Gasteiger partial charge >= 0.3 is 6.03 Å². The largest absolute Gasteiger partial charge is 0.379 e. The van der Waals surface area contributed by atoms with Crippen LogP contribution in [0.3, 0.4) is 0 Å². The molecule has 0 aliphatic carbocycles. The van der Waals surface area contributed by atoms with Gasteiger partial charge in [0.2, 0.25) is 0 Å². The maximum atomic E-state index is 12.4. The Hall–Kier alpha value is -1.56. The van der Waals surface area contributed by atoms with Crippen LogP contribution < -0.4 is 5.32 Å². The van der Waals surface area contributed by atoms with Crippen LogP contribution in [0.1, 0.15) is 51.6 Å². The topological polar surface area (TPSA) is 70.2 Å². The van der Waals surface area contributed by atoms with E-state index in [4.69, 9.17) is 4.74 Å². The SMILES string of the molecule is COC(C)(C)C[C@H](C)NC(=O)N1CCC[C@H](c2ccn[nH]2)C1. The van der Waals surface area contributed by atoms with Gasteiger partial charge in [0.1, 0.15) is 0 Å². The average molecular weight is 308 g/mol. The number of piperidine rings is 1. The van der Waals surface area contributed by atoms with Crippen molar-refractivity contribution in [3.8, 4) is 0 Å². The van der Waals surface area contributed by atoms with Gasteiger partial charge in [-0.1, -0.05) is 0 Å². The third kappa shape index (κ3) is 4.47. The van der Waals surface area contributed by atoms with Gasteiger partial charge in [-0.05, 0) is 46.1 Å². The second kappa shape index (κ2) is 7.13. The first kappa shape index (κ1) is 16.8. The van der Waals surface area contributed by atoms with Crippen LogP contribution >= 0.6 is 0 Å². The number of ether oxygens (including phenoxy) is 1. The molecule has 1 aliphatic rings. The number of hydrogen-bond donors (Lipinski definition) is 2. The summed E-state index contributed by atoms with van der Waals surface area (Å²) >= 11 is 0. The van der Waals surface area contributed by atoms with E-state index in [0.717, 1.165) is 38.0 Å². The number of urea groups is 1. The summed E-state index contributed by atoms with van der Waals surface area (Å²) in [4.78, 5) is 14.4. The molecule has 124 valence electrons. The van der Waals surface area contributed by atoms with Crippen molar-refractivity contribution in [3.05, 3.63) is 18.0 Å². The molecule has 1 aliphatic heterocycles. The van der Waals surface area contributed by atoms with Crippen LogP contribution in [0.25, 0.3) is 0 Å². The van der Waals surface area contributed by atoms with Gasteiger partial charge in [-0.25, -0.2) is 4.79 Å². The molecule has 1 aromatic rings. The molecule has 1 saturated heterocycles. The molecule has 2 rings (SSSR count). The minimum atomic E-state index is -0.229. The summed E-state index contributed by atoms with van der Waals surface area (Å²) < 4.78 is 5.43. The summed E-state index contributed by atoms with van der Waals surface area (Å²) in [5.74, 6) is 0.354. The van der Waals surface area contributed by atoms with Gasteiger partial charge < -0.3 is 15.0 Å². The van der Waals surface area contributed by atoms with Gasteiger partial charge in [0.05, 0.1) is 5.60 Å². The molecular weight excluding hydrogens is 280 g/mol. The maximum Gasteiger partial charge on any atom is 0.317 e. The number of likely N-dealkylation sites (tertiary alicyclic amines) is 1. The first-order chi connectivity index (χ1) is 10.4. The summed E-state index contributed by atoms with van der Waals surface area (Å²) in [6.45, 7) is 7.65. The molecule has 1 aromatic heterocycles. The van der Waals surface area contributed by atoms with Crippen molar-refractivity contribution >= 4 is 6.03 Å². The lowest BCUT2D eigenvalue weighted by molar-refractivity contribution is 0.00906. The third-order valence-electron chi connectivity index (χ3n) is 4.39. The number of nitrogens with one attached hydrogen (secondary N) is 2. The normalized spacial score (nSPS) is 20.7. The van der Waals surface area contributed by atoms with Crippen LogP contribution in [-0.2, 0) is 4.74 Å². The molecule has 2 atom stereocenters. The van der Waals surface area contributed by atoms with Gasteiger partial charge in [0, 0.05) is 44.0 Å². The van der Waals surface area contributed by atoms with E-state index in [2.05, 4.69) is 15.5 Å².